The van der Waals surface area contributed by atoms with E-state index in [2.05, 4.69) is 10.1 Å². The number of hydrogen-bond acceptors (Lipinski definition) is 5. The molecule has 1 unspecified atom stereocenters. The molecule has 0 radical (unpaired) electrons. The second kappa shape index (κ2) is 6.99. The third-order valence-electron chi connectivity index (χ3n) is 3.12. The second-order valence-corrected chi connectivity index (χ2v) is 4.87. The quantitative estimate of drug-likeness (QED) is 0.877. The summed E-state index contributed by atoms with van der Waals surface area (Å²) < 4.78 is 4.85. The molecule has 6 nitrogen and oxygen atoms in total. The van der Waals surface area contributed by atoms with Gasteiger partial charge in [0.15, 0.2) is 0 Å². The standard InChI is InChI=1S/C15H19N3O3/c1-3-13(19)10-18(9-12-7-5-4-6-8-12)15(20)14-16-11(2)21-17-14/h4-8,13,19H,3,9-10H2,1-2H3. The summed E-state index contributed by atoms with van der Waals surface area (Å²) in [6, 6.07) is 9.60. The number of carbonyl (C=O) groups excluding carboxylic acids is 1. The first kappa shape index (κ1) is 15.2. The van der Waals surface area contributed by atoms with Gasteiger partial charge in [-0.25, -0.2) is 0 Å². The molecular formula is C15H19N3O3. The monoisotopic (exact) mass is 289 g/mol. The van der Waals surface area contributed by atoms with E-state index in [1.807, 2.05) is 37.3 Å². The van der Waals surface area contributed by atoms with Crippen LogP contribution in [0, 0.1) is 6.92 Å². The predicted molar refractivity (Wildman–Crippen MR) is 76.5 cm³/mol. The number of hydrogen-bond donors (Lipinski definition) is 1. The number of amides is 1. The van der Waals surface area contributed by atoms with E-state index >= 15 is 0 Å². The van der Waals surface area contributed by atoms with Gasteiger partial charge < -0.3 is 14.5 Å². The number of aromatic nitrogens is 2. The van der Waals surface area contributed by atoms with Gasteiger partial charge in [-0.3, -0.25) is 4.79 Å². The summed E-state index contributed by atoms with van der Waals surface area (Å²) >= 11 is 0. The molecule has 2 rings (SSSR count). The molecule has 1 N–H and O–H groups in total. The van der Waals surface area contributed by atoms with E-state index in [0.717, 1.165) is 5.56 Å². The van der Waals surface area contributed by atoms with Crippen molar-refractivity contribution in [1.29, 1.82) is 0 Å². The lowest BCUT2D eigenvalue weighted by Crippen LogP contribution is -2.37. The largest absolute Gasteiger partial charge is 0.391 e. The fourth-order valence-electron chi connectivity index (χ4n) is 1.93. The Morgan fingerprint density at radius 2 is 2.10 bits per heavy atom. The van der Waals surface area contributed by atoms with Crippen LogP contribution in [0.4, 0.5) is 0 Å². The second-order valence-electron chi connectivity index (χ2n) is 4.87. The lowest BCUT2D eigenvalue weighted by molar-refractivity contribution is 0.0584. The van der Waals surface area contributed by atoms with Gasteiger partial charge in [0.2, 0.25) is 5.89 Å². The molecule has 0 aliphatic heterocycles. The molecule has 1 atom stereocenters. The van der Waals surface area contributed by atoms with Crippen molar-refractivity contribution < 1.29 is 14.4 Å². The number of aryl methyl sites for hydroxylation is 1. The van der Waals surface area contributed by atoms with Crippen molar-refractivity contribution in [2.45, 2.75) is 32.9 Å². The lowest BCUT2D eigenvalue weighted by Gasteiger charge is -2.23. The molecule has 0 saturated carbocycles. The van der Waals surface area contributed by atoms with Gasteiger partial charge in [0.05, 0.1) is 6.10 Å². The van der Waals surface area contributed by atoms with Gasteiger partial charge in [-0.1, -0.05) is 42.4 Å². The average Bonchev–Trinajstić information content (AvgIpc) is 2.93. The minimum atomic E-state index is -0.578. The van der Waals surface area contributed by atoms with E-state index < -0.39 is 6.10 Å². The first-order valence-corrected chi connectivity index (χ1v) is 6.91. The third kappa shape index (κ3) is 4.13. The Hall–Kier alpha value is -2.21. The van der Waals surface area contributed by atoms with Gasteiger partial charge in [0, 0.05) is 20.0 Å². The van der Waals surface area contributed by atoms with Crippen LogP contribution in [0.2, 0.25) is 0 Å². The molecule has 0 aliphatic carbocycles. The molecular weight excluding hydrogens is 270 g/mol. The Kier molecular flexibility index (Phi) is 5.05. The molecule has 1 aromatic heterocycles. The zero-order valence-electron chi connectivity index (χ0n) is 12.2. The summed E-state index contributed by atoms with van der Waals surface area (Å²) in [5, 5.41) is 13.5. The van der Waals surface area contributed by atoms with E-state index in [1.165, 1.54) is 4.90 Å². The van der Waals surface area contributed by atoms with Crippen molar-refractivity contribution >= 4 is 5.91 Å². The molecule has 0 fully saturated rings. The highest BCUT2D eigenvalue weighted by Crippen LogP contribution is 2.10. The van der Waals surface area contributed by atoms with Crippen LogP contribution < -0.4 is 0 Å². The fraction of sp³-hybridized carbons (Fsp3) is 0.400. The summed E-state index contributed by atoms with van der Waals surface area (Å²) in [4.78, 5) is 17.9. The molecule has 21 heavy (non-hydrogen) atoms. The Bertz CT molecular complexity index is 583. The van der Waals surface area contributed by atoms with Crippen LogP contribution in [-0.2, 0) is 6.54 Å². The van der Waals surface area contributed by atoms with Crippen LogP contribution in [0.3, 0.4) is 0 Å². The number of benzene rings is 1. The number of aliphatic hydroxyl groups is 1. The minimum absolute atomic E-state index is 0.0201. The Labute approximate surface area is 123 Å². The number of aliphatic hydroxyl groups excluding tert-OH is 1. The van der Waals surface area contributed by atoms with Crippen LogP contribution >= 0.6 is 0 Å². The Morgan fingerprint density at radius 3 is 2.67 bits per heavy atom. The van der Waals surface area contributed by atoms with Gasteiger partial charge in [-0.05, 0) is 12.0 Å². The van der Waals surface area contributed by atoms with E-state index in [1.54, 1.807) is 6.92 Å². The molecule has 0 spiro atoms. The van der Waals surface area contributed by atoms with Gasteiger partial charge in [0.1, 0.15) is 0 Å². The van der Waals surface area contributed by atoms with E-state index in [-0.39, 0.29) is 18.3 Å². The first-order chi connectivity index (χ1) is 10.1. The summed E-state index contributed by atoms with van der Waals surface area (Å²) in [6.45, 7) is 4.13. The summed E-state index contributed by atoms with van der Waals surface area (Å²) in [6.07, 6.45) is -0.00484. The van der Waals surface area contributed by atoms with E-state index in [0.29, 0.717) is 18.9 Å². The molecule has 112 valence electrons. The highest BCUT2D eigenvalue weighted by atomic mass is 16.5. The van der Waals surface area contributed by atoms with Crippen LogP contribution in [0.1, 0.15) is 35.4 Å². The molecule has 0 saturated heterocycles. The van der Waals surface area contributed by atoms with Gasteiger partial charge in [-0.2, -0.15) is 4.98 Å². The maximum atomic E-state index is 12.4. The molecule has 1 heterocycles. The van der Waals surface area contributed by atoms with E-state index in [9.17, 15) is 9.90 Å². The van der Waals surface area contributed by atoms with Crippen LogP contribution in [0.25, 0.3) is 0 Å². The average molecular weight is 289 g/mol. The molecule has 6 heteroatoms. The number of carbonyl (C=O) groups is 1. The summed E-state index contributed by atoms with van der Waals surface area (Å²) in [5.41, 5.74) is 0.981. The van der Waals surface area contributed by atoms with Crippen LogP contribution in [0.15, 0.2) is 34.9 Å². The SMILES string of the molecule is CCC(O)CN(Cc1ccccc1)C(=O)c1noc(C)n1. The minimum Gasteiger partial charge on any atom is -0.391 e. The van der Waals surface area contributed by atoms with Gasteiger partial charge >= 0.3 is 0 Å². The van der Waals surface area contributed by atoms with Crippen molar-refractivity contribution in [2.75, 3.05) is 6.54 Å². The first-order valence-electron chi connectivity index (χ1n) is 6.91. The van der Waals surface area contributed by atoms with Crippen LogP contribution in [-0.4, -0.2) is 38.7 Å². The van der Waals surface area contributed by atoms with Crippen molar-refractivity contribution in [3.8, 4) is 0 Å². The third-order valence-corrected chi connectivity index (χ3v) is 3.12. The Balaban J connectivity index is 2.17. The smallest absolute Gasteiger partial charge is 0.295 e. The Morgan fingerprint density at radius 1 is 1.38 bits per heavy atom. The fourth-order valence-corrected chi connectivity index (χ4v) is 1.93. The predicted octanol–water partition coefficient (Wildman–Crippen LogP) is 1.79. The molecule has 2 aromatic rings. The van der Waals surface area contributed by atoms with Crippen LogP contribution in [0.5, 0.6) is 0 Å². The van der Waals surface area contributed by atoms with Crippen molar-refractivity contribution in [3.05, 3.63) is 47.6 Å². The summed E-state index contributed by atoms with van der Waals surface area (Å²) in [7, 11) is 0. The maximum Gasteiger partial charge on any atom is 0.295 e. The zero-order valence-corrected chi connectivity index (χ0v) is 12.2. The highest BCUT2D eigenvalue weighted by Gasteiger charge is 2.23. The topological polar surface area (TPSA) is 79.5 Å². The van der Waals surface area contributed by atoms with Gasteiger partial charge in [-0.15, -0.1) is 0 Å². The molecule has 1 aromatic carbocycles. The number of nitrogens with zero attached hydrogens (tertiary/aromatic N) is 3. The normalized spacial score (nSPS) is 12.1. The van der Waals surface area contributed by atoms with Crippen molar-refractivity contribution in [3.63, 3.8) is 0 Å². The van der Waals surface area contributed by atoms with Gasteiger partial charge in [0.25, 0.3) is 11.7 Å². The van der Waals surface area contributed by atoms with Crippen molar-refractivity contribution in [2.24, 2.45) is 0 Å². The lowest BCUT2D eigenvalue weighted by atomic mass is 10.2. The molecule has 0 aliphatic rings. The maximum absolute atomic E-state index is 12.4. The van der Waals surface area contributed by atoms with E-state index in [4.69, 9.17) is 4.52 Å². The van der Waals surface area contributed by atoms with Crippen molar-refractivity contribution in [1.82, 2.24) is 15.0 Å². The summed E-state index contributed by atoms with van der Waals surface area (Å²) in [5.74, 6) is 0.0176. The molecule has 0 bridgehead atoms. The zero-order chi connectivity index (χ0) is 15.2. The number of rotatable bonds is 6. The highest BCUT2D eigenvalue weighted by molar-refractivity contribution is 5.90. The molecule has 1 amide bonds.